The molecule has 1 saturated heterocycles. The number of rotatable bonds is 0. The summed E-state index contributed by atoms with van der Waals surface area (Å²) in [5.74, 6) is 1.31. The minimum Gasteiger partial charge on any atom is -0.356 e. The Morgan fingerprint density at radius 3 is 2.94 bits per heavy atom. The zero-order valence-corrected chi connectivity index (χ0v) is 11.5. The zero-order chi connectivity index (χ0) is 11.7. The Labute approximate surface area is 111 Å². The van der Waals surface area contributed by atoms with Gasteiger partial charge >= 0.3 is 0 Å². The van der Waals surface area contributed by atoms with Crippen LogP contribution in [0.4, 0.5) is 5.69 Å². The summed E-state index contributed by atoms with van der Waals surface area (Å²) in [6.45, 7) is 2.21. The molecule has 0 N–H and O–H groups in total. The first-order chi connectivity index (χ1) is 8.33. The highest BCUT2D eigenvalue weighted by Crippen LogP contribution is 2.31. The molecule has 0 unspecified atom stereocenters. The van der Waals surface area contributed by atoms with Gasteiger partial charge < -0.3 is 4.90 Å². The topological polar surface area (TPSA) is 15.6 Å². The summed E-state index contributed by atoms with van der Waals surface area (Å²) in [4.78, 5) is 7.30. The molecular weight excluding hydrogens is 276 g/mol. The van der Waals surface area contributed by atoms with Crippen LogP contribution in [0.15, 0.2) is 27.7 Å². The molecule has 0 saturated carbocycles. The first-order valence-electron chi connectivity index (χ1n) is 6.44. The highest BCUT2D eigenvalue weighted by atomic mass is 79.9. The maximum absolute atomic E-state index is 4.83. The standard InChI is InChI=1S/C14H17BrN2/c15-12-6-7-13-11(9-12)10-17-8-4-2-1-3-5-14(17)16-13/h6-7,9H,1-5,8,10H2. The van der Waals surface area contributed by atoms with E-state index in [1.807, 2.05) is 0 Å². The number of hydrogen-bond donors (Lipinski definition) is 0. The van der Waals surface area contributed by atoms with Crippen molar-refractivity contribution in [2.24, 2.45) is 4.99 Å². The van der Waals surface area contributed by atoms with E-state index in [0.29, 0.717) is 0 Å². The summed E-state index contributed by atoms with van der Waals surface area (Å²) in [5.41, 5.74) is 2.52. The fraction of sp³-hybridized carbons (Fsp3) is 0.500. The van der Waals surface area contributed by atoms with E-state index >= 15 is 0 Å². The summed E-state index contributed by atoms with van der Waals surface area (Å²) < 4.78 is 1.15. The van der Waals surface area contributed by atoms with Crippen molar-refractivity contribution in [3.05, 3.63) is 28.2 Å². The van der Waals surface area contributed by atoms with Gasteiger partial charge in [-0.05, 0) is 36.6 Å². The fourth-order valence-electron chi connectivity index (χ4n) is 2.66. The Morgan fingerprint density at radius 1 is 1.12 bits per heavy atom. The van der Waals surface area contributed by atoms with Crippen LogP contribution in [-0.2, 0) is 6.54 Å². The van der Waals surface area contributed by atoms with Gasteiger partial charge in [0.1, 0.15) is 5.84 Å². The van der Waals surface area contributed by atoms with Crippen LogP contribution in [0.5, 0.6) is 0 Å². The molecule has 1 aromatic rings. The molecule has 0 radical (unpaired) electrons. The first-order valence-corrected chi connectivity index (χ1v) is 7.23. The molecule has 1 fully saturated rings. The molecule has 0 spiro atoms. The molecule has 2 aliphatic rings. The molecule has 2 nitrogen and oxygen atoms in total. The number of fused-ring (bicyclic) bond motifs is 2. The van der Waals surface area contributed by atoms with Crippen LogP contribution < -0.4 is 0 Å². The minimum atomic E-state index is 1.04. The van der Waals surface area contributed by atoms with E-state index in [0.717, 1.165) is 17.4 Å². The Hall–Kier alpha value is -0.830. The lowest BCUT2D eigenvalue weighted by Gasteiger charge is -2.32. The molecule has 0 amide bonds. The maximum atomic E-state index is 4.83. The third-order valence-corrected chi connectivity index (χ3v) is 4.09. The molecule has 3 rings (SSSR count). The molecule has 0 aromatic heterocycles. The van der Waals surface area contributed by atoms with Gasteiger partial charge in [0.15, 0.2) is 0 Å². The largest absolute Gasteiger partial charge is 0.356 e. The van der Waals surface area contributed by atoms with E-state index in [1.54, 1.807) is 0 Å². The third kappa shape index (κ3) is 2.39. The van der Waals surface area contributed by atoms with Crippen molar-refractivity contribution in [3.8, 4) is 0 Å². The molecule has 17 heavy (non-hydrogen) atoms. The first kappa shape index (κ1) is 11.3. The van der Waals surface area contributed by atoms with E-state index in [1.165, 1.54) is 49.3 Å². The lowest BCUT2D eigenvalue weighted by molar-refractivity contribution is 0.368. The fourth-order valence-corrected chi connectivity index (χ4v) is 3.07. The van der Waals surface area contributed by atoms with Gasteiger partial charge in [0, 0.05) is 24.0 Å². The summed E-state index contributed by atoms with van der Waals surface area (Å²) >= 11 is 3.54. The Balaban J connectivity index is 1.94. The van der Waals surface area contributed by atoms with Gasteiger partial charge in [0.25, 0.3) is 0 Å². The van der Waals surface area contributed by atoms with Crippen LogP contribution in [0.2, 0.25) is 0 Å². The average molecular weight is 293 g/mol. The van der Waals surface area contributed by atoms with Crippen molar-refractivity contribution in [2.75, 3.05) is 6.54 Å². The number of hydrogen-bond acceptors (Lipinski definition) is 2. The van der Waals surface area contributed by atoms with Gasteiger partial charge in [-0.1, -0.05) is 28.8 Å². The second-order valence-electron chi connectivity index (χ2n) is 4.89. The Bertz CT molecular complexity index is 454. The number of nitrogens with zero attached hydrogens (tertiary/aromatic N) is 2. The summed E-state index contributed by atoms with van der Waals surface area (Å²) in [6.07, 6.45) is 6.48. The van der Waals surface area contributed by atoms with Crippen LogP contribution in [0.25, 0.3) is 0 Å². The van der Waals surface area contributed by atoms with Gasteiger partial charge in [-0.2, -0.15) is 0 Å². The second-order valence-corrected chi connectivity index (χ2v) is 5.80. The average Bonchev–Trinajstić information content (AvgIpc) is 2.29. The molecule has 0 atom stereocenters. The van der Waals surface area contributed by atoms with E-state index in [-0.39, 0.29) is 0 Å². The molecular formula is C14H17BrN2. The van der Waals surface area contributed by atoms with Crippen molar-refractivity contribution in [1.82, 2.24) is 4.90 Å². The Kier molecular flexibility index (Phi) is 3.19. The number of aliphatic imine (C=N–C) groups is 1. The predicted molar refractivity (Wildman–Crippen MR) is 74.7 cm³/mol. The third-order valence-electron chi connectivity index (χ3n) is 3.60. The SMILES string of the molecule is Brc1ccc2c(c1)CN1CCCCCCC1=N2. The highest BCUT2D eigenvalue weighted by Gasteiger charge is 2.20. The predicted octanol–water partition coefficient (Wildman–Crippen LogP) is 4.26. The van der Waals surface area contributed by atoms with Crippen molar-refractivity contribution in [2.45, 2.75) is 38.6 Å². The van der Waals surface area contributed by atoms with Crippen LogP contribution >= 0.6 is 15.9 Å². The molecule has 0 bridgehead atoms. The van der Waals surface area contributed by atoms with E-state index < -0.39 is 0 Å². The number of benzene rings is 1. The van der Waals surface area contributed by atoms with Crippen molar-refractivity contribution in [3.63, 3.8) is 0 Å². The zero-order valence-electron chi connectivity index (χ0n) is 9.95. The van der Waals surface area contributed by atoms with Crippen LogP contribution in [0.1, 0.15) is 37.7 Å². The van der Waals surface area contributed by atoms with Crippen molar-refractivity contribution in [1.29, 1.82) is 0 Å². The molecule has 3 heteroatoms. The van der Waals surface area contributed by atoms with Gasteiger partial charge in [-0.15, -0.1) is 0 Å². The van der Waals surface area contributed by atoms with Crippen molar-refractivity contribution >= 4 is 27.5 Å². The lowest BCUT2D eigenvalue weighted by atomic mass is 10.0. The number of amidine groups is 1. The van der Waals surface area contributed by atoms with Gasteiger partial charge in [0.2, 0.25) is 0 Å². The summed E-state index contributed by atoms with van der Waals surface area (Å²) in [6, 6.07) is 6.42. The smallest absolute Gasteiger partial charge is 0.105 e. The monoisotopic (exact) mass is 292 g/mol. The maximum Gasteiger partial charge on any atom is 0.105 e. The molecule has 1 aromatic carbocycles. The summed E-state index contributed by atoms with van der Waals surface area (Å²) in [7, 11) is 0. The van der Waals surface area contributed by atoms with Gasteiger partial charge in [-0.25, -0.2) is 4.99 Å². The van der Waals surface area contributed by atoms with Crippen LogP contribution in [0, 0.1) is 0 Å². The minimum absolute atomic E-state index is 1.04. The van der Waals surface area contributed by atoms with E-state index in [9.17, 15) is 0 Å². The second kappa shape index (κ2) is 4.81. The number of halogens is 1. The van der Waals surface area contributed by atoms with Crippen molar-refractivity contribution < 1.29 is 0 Å². The van der Waals surface area contributed by atoms with Gasteiger partial charge in [0.05, 0.1) is 5.69 Å². The Morgan fingerprint density at radius 2 is 2.00 bits per heavy atom. The molecule has 2 aliphatic heterocycles. The normalized spacial score (nSPS) is 19.8. The summed E-state index contributed by atoms with van der Waals surface area (Å²) in [5, 5.41) is 0. The molecule has 2 heterocycles. The molecule has 90 valence electrons. The highest BCUT2D eigenvalue weighted by molar-refractivity contribution is 9.10. The van der Waals surface area contributed by atoms with Crippen LogP contribution in [-0.4, -0.2) is 17.3 Å². The van der Waals surface area contributed by atoms with E-state index in [4.69, 9.17) is 4.99 Å². The lowest BCUT2D eigenvalue weighted by Crippen LogP contribution is -2.34. The van der Waals surface area contributed by atoms with Gasteiger partial charge in [-0.3, -0.25) is 0 Å². The van der Waals surface area contributed by atoms with E-state index in [2.05, 4.69) is 39.0 Å². The van der Waals surface area contributed by atoms with Crippen LogP contribution in [0.3, 0.4) is 0 Å². The molecule has 0 aliphatic carbocycles. The quantitative estimate of drug-likeness (QED) is 0.698.